The number of fused-ring (bicyclic) bond motifs is 1. The van der Waals surface area contributed by atoms with Gasteiger partial charge in [0.25, 0.3) is 5.91 Å². The second-order valence-corrected chi connectivity index (χ2v) is 7.02. The molecule has 0 aliphatic carbocycles. The molecule has 0 atom stereocenters. The number of benzene rings is 3. The van der Waals surface area contributed by atoms with Crippen LogP contribution in [-0.2, 0) is 0 Å². The summed E-state index contributed by atoms with van der Waals surface area (Å²) in [5.74, 6) is 0.597. The fraction of sp³-hybridized carbons (Fsp3) is 0.0476. The SMILES string of the molecule is Cc1nc2cc(NC(=O)c3cc(Cl)cc(Cl)c3)ccc2n1-c1ccccc1. The van der Waals surface area contributed by atoms with E-state index in [2.05, 4.69) is 14.9 Å². The number of aryl methyl sites for hydroxylation is 1. The van der Waals surface area contributed by atoms with Crippen molar-refractivity contribution in [1.29, 1.82) is 0 Å². The van der Waals surface area contributed by atoms with E-state index in [1.165, 1.54) is 0 Å². The maximum atomic E-state index is 12.5. The number of hydrogen-bond acceptors (Lipinski definition) is 2. The minimum absolute atomic E-state index is 0.280. The van der Waals surface area contributed by atoms with Crippen LogP contribution in [0.3, 0.4) is 0 Å². The van der Waals surface area contributed by atoms with E-state index < -0.39 is 0 Å². The average Bonchev–Trinajstić information content (AvgIpc) is 2.96. The first-order valence-corrected chi connectivity index (χ1v) is 9.09. The number of para-hydroxylation sites is 1. The summed E-state index contributed by atoms with van der Waals surface area (Å²) in [6, 6.07) is 20.4. The number of halogens is 2. The van der Waals surface area contributed by atoms with Crippen LogP contribution in [0, 0.1) is 6.92 Å². The molecule has 0 fully saturated rings. The van der Waals surface area contributed by atoms with Crippen LogP contribution in [0.1, 0.15) is 16.2 Å². The van der Waals surface area contributed by atoms with Gasteiger partial charge in [-0.05, 0) is 55.5 Å². The topological polar surface area (TPSA) is 46.9 Å². The summed E-state index contributed by atoms with van der Waals surface area (Å²) in [5, 5.41) is 3.70. The highest BCUT2D eigenvalue weighted by atomic mass is 35.5. The number of nitrogens with one attached hydrogen (secondary N) is 1. The number of imidazole rings is 1. The van der Waals surface area contributed by atoms with E-state index in [1.807, 2.05) is 55.5 Å². The Kier molecular flexibility index (Phi) is 4.60. The molecule has 0 saturated heterocycles. The van der Waals surface area contributed by atoms with Crippen LogP contribution in [0.5, 0.6) is 0 Å². The average molecular weight is 396 g/mol. The number of nitrogens with zero attached hydrogens (tertiary/aromatic N) is 2. The normalized spacial score (nSPS) is 10.9. The number of rotatable bonds is 3. The Morgan fingerprint density at radius 3 is 2.37 bits per heavy atom. The van der Waals surface area contributed by atoms with Crippen LogP contribution in [0.15, 0.2) is 66.7 Å². The van der Waals surface area contributed by atoms with Crippen molar-refractivity contribution in [3.63, 3.8) is 0 Å². The lowest BCUT2D eigenvalue weighted by Gasteiger charge is -2.08. The zero-order valence-corrected chi connectivity index (χ0v) is 15.9. The van der Waals surface area contributed by atoms with Gasteiger partial charge in [-0.3, -0.25) is 9.36 Å². The van der Waals surface area contributed by atoms with Gasteiger partial charge in [0.1, 0.15) is 5.82 Å². The zero-order valence-electron chi connectivity index (χ0n) is 14.4. The highest BCUT2D eigenvalue weighted by molar-refractivity contribution is 6.35. The first-order chi connectivity index (χ1) is 13.0. The predicted octanol–water partition coefficient (Wildman–Crippen LogP) is 5.89. The third-order valence-electron chi connectivity index (χ3n) is 4.22. The number of anilines is 1. The Morgan fingerprint density at radius 2 is 1.67 bits per heavy atom. The van der Waals surface area contributed by atoms with E-state index in [-0.39, 0.29) is 5.91 Å². The van der Waals surface area contributed by atoms with Gasteiger partial charge in [0.2, 0.25) is 0 Å². The lowest BCUT2D eigenvalue weighted by Crippen LogP contribution is -2.11. The van der Waals surface area contributed by atoms with Gasteiger partial charge in [-0.2, -0.15) is 0 Å². The predicted molar refractivity (Wildman–Crippen MR) is 110 cm³/mol. The molecule has 0 bridgehead atoms. The largest absolute Gasteiger partial charge is 0.322 e. The smallest absolute Gasteiger partial charge is 0.255 e. The molecule has 0 aliphatic heterocycles. The van der Waals surface area contributed by atoms with E-state index >= 15 is 0 Å². The van der Waals surface area contributed by atoms with Crippen LogP contribution in [-0.4, -0.2) is 15.5 Å². The molecule has 1 aromatic heterocycles. The summed E-state index contributed by atoms with van der Waals surface area (Å²) < 4.78 is 2.08. The number of carbonyl (C=O) groups is 1. The van der Waals surface area contributed by atoms with Gasteiger partial charge in [0, 0.05) is 27.0 Å². The molecule has 6 heteroatoms. The molecular formula is C21H15Cl2N3O. The minimum atomic E-state index is -0.280. The Labute approximate surface area is 166 Å². The molecule has 1 amide bonds. The lowest BCUT2D eigenvalue weighted by atomic mass is 10.2. The second-order valence-electron chi connectivity index (χ2n) is 6.15. The highest BCUT2D eigenvalue weighted by Gasteiger charge is 2.12. The molecule has 3 aromatic carbocycles. The summed E-state index contributed by atoms with van der Waals surface area (Å²) in [6.45, 7) is 1.96. The van der Waals surface area contributed by atoms with Crippen LogP contribution in [0.2, 0.25) is 10.0 Å². The van der Waals surface area contributed by atoms with Crippen molar-refractivity contribution in [2.75, 3.05) is 5.32 Å². The molecular weight excluding hydrogens is 381 g/mol. The van der Waals surface area contributed by atoms with E-state index in [1.54, 1.807) is 18.2 Å². The molecule has 4 aromatic rings. The van der Waals surface area contributed by atoms with Crippen molar-refractivity contribution >= 4 is 45.8 Å². The first-order valence-electron chi connectivity index (χ1n) is 8.33. The van der Waals surface area contributed by atoms with Gasteiger partial charge < -0.3 is 5.32 Å². The molecule has 134 valence electrons. The van der Waals surface area contributed by atoms with Crippen LogP contribution >= 0.6 is 23.2 Å². The molecule has 0 unspecified atom stereocenters. The lowest BCUT2D eigenvalue weighted by molar-refractivity contribution is 0.102. The van der Waals surface area contributed by atoms with Crippen molar-refractivity contribution in [3.05, 3.63) is 88.2 Å². The van der Waals surface area contributed by atoms with Gasteiger partial charge in [0.15, 0.2) is 0 Å². The summed E-state index contributed by atoms with van der Waals surface area (Å²) >= 11 is 12.0. The minimum Gasteiger partial charge on any atom is -0.322 e. The quantitative estimate of drug-likeness (QED) is 0.469. The molecule has 1 heterocycles. The Morgan fingerprint density at radius 1 is 0.963 bits per heavy atom. The number of carbonyl (C=O) groups excluding carboxylic acids is 1. The molecule has 4 rings (SSSR count). The standard InChI is InChI=1S/C21H15Cl2N3O/c1-13-24-19-12-17(25-21(27)14-9-15(22)11-16(23)10-14)7-8-20(19)26(13)18-5-3-2-4-6-18/h2-12H,1H3,(H,25,27). The Hall–Kier alpha value is -2.82. The van der Waals surface area contributed by atoms with Crippen molar-refractivity contribution < 1.29 is 4.79 Å². The van der Waals surface area contributed by atoms with E-state index in [0.717, 1.165) is 22.5 Å². The Balaban J connectivity index is 1.67. The molecule has 0 saturated carbocycles. The van der Waals surface area contributed by atoms with Crippen molar-refractivity contribution in [2.45, 2.75) is 6.92 Å². The van der Waals surface area contributed by atoms with Crippen LogP contribution in [0.4, 0.5) is 5.69 Å². The zero-order chi connectivity index (χ0) is 19.0. The summed E-state index contributed by atoms with van der Waals surface area (Å²) in [5.41, 5.74) is 3.88. The van der Waals surface area contributed by atoms with Gasteiger partial charge in [-0.1, -0.05) is 41.4 Å². The van der Waals surface area contributed by atoms with Gasteiger partial charge in [-0.25, -0.2) is 4.98 Å². The fourth-order valence-electron chi connectivity index (χ4n) is 3.07. The molecule has 0 radical (unpaired) electrons. The van der Waals surface area contributed by atoms with E-state index in [0.29, 0.717) is 21.3 Å². The summed E-state index contributed by atoms with van der Waals surface area (Å²) in [6.07, 6.45) is 0. The highest BCUT2D eigenvalue weighted by Crippen LogP contribution is 2.25. The summed E-state index contributed by atoms with van der Waals surface area (Å²) in [4.78, 5) is 17.1. The third kappa shape index (κ3) is 3.54. The maximum absolute atomic E-state index is 12.5. The van der Waals surface area contributed by atoms with Gasteiger partial charge in [-0.15, -0.1) is 0 Å². The first kappa shape index (κ1) is 17.6. The second kappa shape index (κ2) is 7.06. The molecule has 0 spiro atoms. The number of hydrogen-bond donors (Lipinski definition) is 1. The molecule has 27 heavy (non-hydrogen) atoms. The third-order valence-corrected chi connectivity index (χ3v) is 4.66. The van der Waals surface area contributed by atoms with Crippen molar-refractivity contribution in [1.82, 2.24) is 9.55 Å². The molecule has 0 aliphatic rings. The molecule has 1 N–H and O–H groups in total. The number of aromatic nitrogens is 2. The Bertz CT molecular complexity index is 1130. The maximum Gasteiger partial charge on any atom is 0.255 e. The van der Waals surface area contributed by atoms with Crippen molar-refractivity contribution in [3.8, 4) is 5.69 Å². The molecule has 4 nitrogen and oxygen atoms in total. The fourth-order valence-corrected chi connectivity index (χ4v) is 3.60. The van der Waals surface area contributed by atoms with Crippen LogP contribution in [0.25, 0.3) is 16.7 Å². The summed E-state index contributed by atoms with van der Waals surface area (Å²) in [7, 11) is 0. The van der Waals surface area contributed by atoms with Crippen molar-refractivity contribution in [2.24, 2.45) is 0 Å². The monoisotopic (exact) mass is 395 g/mol. The van der Waals surface area contributed by atoms with Gasteiger partial charge >= 0.3 is 0 Å². The van der Waals surface area contributed by atoms with E-state index in [4.69, 9.17) is 23.2 Å². The van der Waals surface area contributed by atoms with Crippen LogP contribution < -0.4 is 5.32 Å². The van der Waals surface area contributed by atoms with E-state index in [9.17, 15) is 4.79 Å². The van der Waals surface area contributed by atoms with Gasteiger partial charge in [0.05, 0.1) is 11.0 Å². The number of amides is 1.